The number of benzene rings is 1. The number of hydrogen-bond acceptors (Lipinski definition) is 5. The Labute approximate surface area is 174 Å². The fraction of sp³-hybridized carbons (Fsp3) is 0.318. The van der Waals surface area contributed by atoms with E-state index in [1.54, 1.807) is 12.5 Å². The first kappa shape index (κ1) is 18.5. The number of carbonyl (C=O) groups is 1. The van der Waals surface area contributed by atoms with Crippen LogP contribution in [0.1, 0.15) is 41.6 Å². The van der Waals surface area contributed by atoms with Crippen molar-refractivity contribution in [3.63, 3.8) is 0 Å². The van der Waals surface area contributed by atoms with Crippen molar-refractivity contribution in [3.05, 3.63) is 59.8 Å². The van der Waals surface area contributed by atoms with Gasteiger partial charge < -0.3 is 9.47 Å². The molecule has 30 heavy (non-hydrogen) atoms. The Morgan fingerprint density at radius 3 is 2.83 bits per heavy atom. The molecule has 0 N–H and O–H groups in total. The van der Waals surface area contributed by atoms with Crippen molar-refractivity contribution < 1.29 is 4.79 Å². The second kappa shape index (κ2) is 7.05. The van der Waals surface area contributed by atoms with Crippen LogP contribution in [0.4, 0.5) is 0 Å². The number of rotatable bonds is 3. The van der Waals surface area contributed by atoms with Crippen molar-refractivity contribution in [2.75, 3.05) is 6.54 Å². The molecule has 1 aromatic carbocycles. The molecule has 0 aliphatic carbocycles. The zero-order chi connectivity index (χ0) is 20.8. The third-order valence-electron chi connectivity index (χ3n) is 5.75. The molecular weight excluding hydrogens is 378 g/mol. The van der Waals surface area contributed by atoms with Crippen LogP contribution in [0.15, 0.2) is 42.9 Å². The van der Waals surface area contributed by atoms with Gasteiger partial charge in [0.1, 0.15) is 17.7 Å². The minimum absolute atomic E-state index is 0.0578. The Morgan fingerprint density at radius 2 is 2.00 bits per heavy atom. The number of amides is 1. The molecule has 1 aliphatic heterocycles. The highest BCUT2D eigenvalue weighted by Crippen LogP contribution is 2.30. The normalized spacial score (nSPS) is 13.8. The summed E-state index contributed by atoms with van der Waals surface area (Å²) in [6.07, 6.45) is 4.17. The standard InChI is InChI=1S/C22H23N7O/c1-14(2)29-13-24-25-21(29)19-17-12-28(11-9-18(17)27(3)26-19)22(30)20-16-7-5-4-6-15(16)8-10-23-20/h4-8,10,13-14H,9,11-12H2,1-3H3. The summed E-state index contributed by atoms with van der Waals surface area (Å²) >= 11 is 0. The number of aromatic nitrogens is 6. The van der Waals surface area contributed by atoms with Gasteiger partial charge in [0.05, 0.1) is 6.54 Å². The molecule has 152 valence electrons. The number of hydrogen-bond donors (Lipinski definition) is 0. The topological polar surface area (TPSA) is 81.7 Å². The number of aryl methyl sites for hydroxylation is 1. The molecule has 0 fully saturated rings. The molecule has 0 saturated heterocycles. The van der Waals surface area contributed by atoms with Gasteiger partial charge in [-0.2, -0.15) is 5.10 Å². The Bertz CT molecular complexity index is 1250. The van der Waals surface area contributed by atoms with Crippen LogP contribution >= 0.6 is 0 Å². The Hall–Kier alpha value is -3.55. The van der Waals surface area contributed by atoms with Crippen molar-refractivity contribution in [2.24, 2.45) is 7.05 Å². The van der Waals surface area contributed by atoms with Gasteiger partial charge in [-0.3, -0.25) is 14.5 Å². The van der Waals surface area contributed by atoms with Gasteiger partial charge in [-0.1, -0.05) is 24.3 Å². The third-order valence-corrected chi connectivity index (χ3v) is 5.75. The first-order valence-corrected chi connectivity index (χ1v) is 10.1. The summed E-state index contributed by atoms with van der Waals surface area (Å²) in [6, 6.07) is 10.0. The molecule has 5 rings (SSSR count). The number of nitrogens with zero attached hydrogens (tertiary/aromatic N) is 7. The van der Waals surface area contributed by atoms with Crippen LogP contribution in [-0.4, -0.2) is 46.9 Å². The molecule has 8 heteroatoms. The molecule has 0 bridgehead atoms. The van der Waals surface area contributed by atoms with Crippen molar-refractivity contribution in [1.82, 2.24) is 34.4 Å². The Morgan fingerprint density at radius 1 is 1.17 bits per heavy atom. The maximum absolute atomic E-state index is 13.4. The van der Waals surface area contributed by atoms with Gasteiger partial charge in [0, 0.05) is 48.9 Å². The lowest BCUT2D eigenvalue weighted by Crippen LogP contribution is -2.37. The molecule has 4 aromatic rings. The molecule has 4 heterocycles. The summed E-state index contributed by atoms with van der Waals surface area (Å²) in [5.41, 5.74) is 3.46. The predicted molar refractivity (Wildman–Crippen MR) is 113 cm³/mol. The maximum atomic E-state index is 13.4. The van der Waals surface area contributed by atoms with Crippen LogP contribution in [0.5, 0.6) is 0 Å². The van der Waals surface area contributed by atoms with Gasteiger partial charge in [-0.25, -0.2) is 0 Å². The van der Waals surface area contributed by atoms with E-state index in [9.17, 15) is 4.79 Å². The van der Waals surface area contributed by atoms with Gasteiger partial charge in [-0.15, -0.1) is 10.2 Å². The van der Waals surface area contributed by atoms with E-state index >= 15 is 0 Å². The molecule has 0 radical (unpaired) electrons. The van der Waals surface area contributed by atoms with Gasteiger partial charge >= 0.3 is 0 Å². The molecule has 3 aromatic heterocycles. The molecule has 0 saturated carbocycles. The molecular formula is C22H23N7O. The van der Waals surface area contributed by atoms with Gasteiger partial charge in [0.2, 0.25) is 0 Å². The van der Waals surface area contributed by atoms with E-state index in [-0.39, 0.29) is 11.9 Å². The van der Waals surface area contributed by atoms with Gasteiger partial charge in [-0.05, 0) is 25.3 Å². The Kier molecular flexibility index (Phi) is 4.34. The SMILES string of the molecule is CC(C)n1cnnc1-c1nn(C)c2c1CN(C(=O)c1nccc3ccccc13)CC2. The summed E-state index contributed by atoms with van der Waals surface area (Å²) < 4.78 is 3.91. The van der Waals surface area contributed by atoms with Gasteiger partial charge in [0.15, 0.2) is 5.82 Å². The van der Waals surface area contributed by atoms with E-state index < -0.39 is 0 Å². The minimum atomic E-state index is -0.0578. The quantitative estimate of drug-likeness (QED) is 0.527. The summed E-state index contributed by atoms with van der Waals surface area (Å²) in [6.45, 7) is 5.29. The highest BCUT2D eigenvalue weighted by molar-refractivity contribution is 6.05. The maximum Gasteiger partial charge on any atom is 0.273 e. The second-order valence-corrected chi connectivity index (χ2v) is 7.91. The molecule has 0 spiro atoms. The summed E-state index contributed by atoms with van der Waals surface area (Å²) in [7, 11) is 1.95. The van der Waals surface area contributed by atoms with Crippen LogP contribution in [0.3, 0.4) is 0 Å². The second-order valence-electron chi connectivity index (χ2n) is 7.91. The lowest BCUT2D eigenvalue weighted by molar-refractivity contribution is 0.0730. The van der Waals surface area contributed by atoms with Crippen molar-refractivity contribution in [1.29, 1.82) is 0 Å². The number of carbonyl (C=O) groups excluding carboxylic acids is 1. The zero-order valence-corrected chi connectivity index (χ0v) is 17.3. The van der Waals surface area contributed by atoms with Gasteiger partial charge in [0.25, 0.3) is 5.91 Å². The van der Waals surface area contributed by atoms with Crippen molar-refractivity contribution >= 4 is 16.7 Å². The third kappa shape index (κ3) is 2.87. The van der Waals surface area contributed by atoms with E-state index in [2.05, 4.69) is 29.0 Å². The number of pyridine rings is 1. The monoisotopic (exact) mass is 401 g/mol. The average molecular weight is 401 g/mol. The lowest BCUT2D eigenvalue weighted by atomic mass is 10.0. The first-order valence-electron chi connectivity index (χ1n) is 10.1. The van der Waals surface area contributed by atoms with E-state index in [1.807, 2.05) is 51.5 Å². The first-order chi connectivity index (χ1) is 14.5. The smallest absolute Gasteiger partial charge is 0.273 e. The van der Waals surface area contributed by atoms with Crippen LogP contribution in [0.2, 0.25) is 0 Å². The highest BCUT2D eigenvalue weighted by Gasteiger charge is 2.30. The summed E-state index contributed by atoms with van der Waals surface area (Å²) in [5, 5.41) is 15.0. The average Bonchev–Trinajstić information content (AvgIpc) is 3.37. The summed E-state index contributed by atoms with van der Waals surface area (Å²) in [4.78, 5) is 19.7. The van der Waals surface area contributed by atoms with E-state index in [1.165, 1.54) is 0 Å². The fourth-order valence-electron chi connectivity index (χ4n) is 4.18. The van der Waals surface area contributed by atoms with Crippen LogP contribution in [-0.2, 0) is 20.0 Å². The van der Waals surface area contributed by atoms with E-state index in [0.29, 0.717) is 18.8 Å². The van der Waals surface area contributed by atoms with E-state index in [4.69, 9.17) is 5.10 Å². The van der Waals surface area contributed by atoms with E-state index in [0.717, 1.165) is 40.0 Å². The minimum Gasteiger partial charge on any atom is -0.332 e. The summed E-state index contributed by atoms with van der Waals surface area (Å²) in [5.74, 6) is 0.678. The highest BCUT2D eigenvalue weighted by atomic mass is 16.2. The molecule has 0 atom stereocenters. The fourth-order valence-corrected chi connectivity index (χ4v) is 4.18. The molecule has 1 amide bonds. The largest absolute Gasteiger partial charge is 0.332 e. The molecule has 1 aliphatic rings. The van der Waals surface area contributed by atoms with Crippen molar-refractivity contribution in [3.8, 4) is 11.5 Å². The zero-order valence-electron chi connectivity index (χ0n) is 17.3. The van der Waals surface area contributed by atoms with Crippen LogP contribution in [0, 0.1) is 0 Å². The van der Waals surface area contributed by atoms with Crippen LogP contribution in [0.25, 0.3) is 22.3 Å². The van der Waals surface area contributed by atoms with Crippen LogP contribution < -0.4 is 0 Å². The molecule has 8 nitrogen and oxygen atoms in total. The Balaban J connectivity index is 1.53. The lowest BCUT2D eigenvalue weighted by Gasteiger charge is -2.27. The molecule has 0 unspecified atom stereocenters. The number of fused-ring (bicyclic) bond motifs is 2. The van der Waals surface area contributed by atoms with Crippen molar-refractivity contribution in [2.45, 2.75) is 32.9 Å². The predicted octanol–water partition coefficient (Wildman–Crippen LogP) is 3.01.